The zero-order valence-corrected chi connectivity index (χ0v) is 18.3. The van der Waals surface area contributed by atoms with Crippen LogP contribution in [0.3, 0.4) is 0 Å². The molecule has 0 aromatic heterocycles. The molecule has 0 unspecified atom stereocenters. The summed E-state index contributed by atoms with van der Waals surface area (Å²) < 4.78 is 24.4. The second kappa shape index (κ2) is 9.69. The zero-order valence-electron chi connectivity index (χ0n) is 16.2. The molecule has 0 radical (unpaired) electrons. The Labute approximate surface area is 190 Å². The molecular weight excluding hydrogens is 522 g/mol. The van der Waals surface area contributed by atoms with Gasteiger partial charge in [0.2, 0.25) is 0 Å². The third-order valence-corrected chi connectivity index (χ3v) is 4.93. The second-order valence-electron chi connectivity index (χ2n) is 6.22. The Kier molecular flexibility index (Phi) is 7.00. The van der Waals surface area contributed by atoms with E-state index < -0.39 is 29.6 Å². The van der Waals surface area contributed by atoms with Gasteiger partial charge in [-0.15, -0.1) is 0 Å². The number of nitrogens with zero attached hydrogens (tertiary/aromatic N) is 1. The van der Waals surface area contributed by atoms with E-state index in [0.717, 1.165) is 6.07 Å². The highest BCUT2D eigenvalue weighted by atomic mass is 127. The van der Waals surface area contributed by atoms with Crippen LogP contribution in [-0.4, -0.2) is 37.0 Å². The summed E-state index contributed by atoms with van der Waals surface area (Å²) in [5.41, 5.74) is 0.193. The number of urea groups is 1. The molecule has 2 aromatic carbocycles. The summed E-state index contributed by atoms with van der Waals surface area (Å²) in [6, 6.07) is 8.75. The van der Waals surface area contributed by atoms with Gasteiger partial charge in [0, 0.05) is 0 Å². The zero-order chi connectivity index (χ0) is 22.5. The van der Waals surface area contributed by atoms with Crippen LogP contribution < -0.4 is 15.0 Å². The number of ether oxygens (including phenoxy) is 2. The molecule has 4 amide bonds. The van der Waals surface area contributed by atoms with Crippen molar-refractivity contribution in [3.05, 3.63) is 63.0 Å². The first kappa shape index (κ1) is 22.4. The summed E-state index contributed by atoms with van der Waals surface area (Å²) in [5, 5.41) is 2.08. The number of benzene rings is 2. The van der Waals surface area contributed by atoms with Gasteiger partial charge in [-0.25, -0.2) is 18.9 Å². The number of anilines is 1. The van der Waals surface area contributed by atoms with Gasteiger partial charge in [0.15, 0.2) is 6.61 Å². The van der Waals surface area contributed by atoms with Crippen LogP contribution in [0.15, 0.2) is 48.0 Å². The molecule has 1 aliphatic rings. The minimum atomic E-state index is -0.963. The summed E-state index contributed by atoms with van der Waals surface area (Å²) in [6.45, 7) is 1.68. The van der Waals surface area contributed by atoms with Crippen molar-refractivity contribution in [2.24, 2.45) is 0 Å². The van der Waals surface area contributed by atoms with Gasteiger partial charge in [-0.2, -0.15) is 0 Å². The predicted octanol–water partition coefficient (Wildman–Crippen LogP) is 3.04. The fourth-order valence-corrected chi connectivity index (χ4v) is 3.43. The van der Waals surface area contributed by atoms with Gasteiger partial charge in [-0.1, -0.05) is 12.1 Å². The van der Waals surface area contributed by atoms with E-state index in [9.17, 15) is 23.6 Å². The van der Waals surface area contributed by atoms with Gasteiger partial charge in [0.05, 0.1) is 15.9 Å². The monoisotopic (exact) mass is 538 g/mol. The molecule has 0 aliphatic carbocycles. The van der Waals surface area contributed by atoms with Gasteiger partial charge in [0.25, 0.3) is 11.8 Å². The second-order valence-corrected chi connectivity index (χ2v) is 7.38. The molecule has 2 aromatic rings. The highest BCUT2D eigenvalue weighted by Crippen LogP contribution is 2.26. The molecule has 8 nitrogen and oxygen atoms in total. The molecule has 0 atom stereocenters. The van der Waals surface area contributed by atoms with Crippen molar-refractivity contribution in [3.63, 3.8) is 0 Å². The molecule has 0 bridgehead atoms. The SMILES string of the molecule is CCOC(=O)COc1ccc(/C=C2\C(=O)NC(=O)N(c3cccc(F)c3)C2=O)cc1I. The molecule has 3 rings (SSSR count). The van der Waals surface area contributed by atoms with Crippen LogP contribution >= 0.6 is 22.6 Å². The lowest BCUT2D eigenvalue weighted by Gasteiger charge is -2.26. The van der Waals surface area contributed by atoms with E-state index in [-0.39, 0.29) is 24.5 Å². The number of rotatable bonds is 6. The highest BCUT2D eigenvalue weighted by Gasteiger charge is 2.36. The van der Waals surface area contributed by atoms with E-state index in [2.05, 4.69) is 5.32 Å². The van der Waals surface area contributed by atoms with Crippen LogP contribution in [0.4, 0.5) is 14.9 Å². The maximum Gasteiger partial charge on any atom is 0.344 e. The molecule has 0 spiro atoms. The van der Waals surface area contributed by atoms with Crippen LogP contribution in [-0.2, 0) is 19.1 Å². The van der Waals surface area contributed by atoms with Crippen molar-refractivity contribution in [1.82, 2.24) is 5.32 Å². The van der Waals surface area contributed by atoms with Crippen LogP contribution in [0.25, 0.3) is 6.08 Å². The Morgan fingerprint density at radius 3 is 2.65 bits per heavy atom. The third kappa shape index (κ3) is 5.26. The van der Waals surface area contributed by atoms with Gasteiger partial charge in [-0.05, 0) is 71.5 Å². The summed E-state index contributed by atoms with van der Waals surface area (Å²) >= 11 is 1.98. The quantitative estimate of drug-likeness (QED) is 0.263. The van der Waals surface area contributed by atoms with Gasteiger partial charge < -0.3 is 9.47 Å². The number of barbiturate groups is 1. The van der Waals surface area contributed by atoms with Crippen molar-refractivity contribution in [1.29, 1.82) is 0 Å². The van der Waals surface area contributed by atoms with Gasteiger partial charge >= 0.3 is 12.0 Å². The molecule has 10 heteroatoms. The Morgan fingerprint density at radius 1 is 1.19 bits per heavy atom. The topological polar surface area (TPSA) is 102 Å². The van der Waals surface area contributed by atoms with Crippen molar-refractivity contribution in [3.8, 4) is 5.75 Å². The summed E-state index contributed by atoms with van der Waals surface area (Å²) in [6.07, 6.45) is 1.31. The lowest BCUT2D eigenvalue weighted by molar-refractivity contribution is -0.145. The normalized spacial score (nSPS) is 15.1. The third-order valence-electron chi connectivity index (χ3n) is 4.09. The summed E-state index contributed by atoms with van der Waals surface area (Å²) in [4.78, 5) is 49.4. The molecule has 1 fully saturated rings. The van der Waals surface area contributed by atoms with Crippen molar-refractivity contribution in [2.75, 3.05) is 18.1 Å². The smallest absolute Gasteiger partial charge is 0.344 e. The number of carbonyl (C=O) groups excluding carboxylic acids is 4. The highest BCUT2D eigenvalue weighted by molar-refractivity contribution is 14.1. The number of imide groups is 2. The number of amides is 4. The Morgan fingerprint density at radius 2 is 1.97 bits per heavy atom. The molecule has 1 saturated heterocycles. The van der Waals surface area contributed by atoms with Crippen LogP contribution in [0.2, 0.25) is 0 Å². The van der Waals surface area contributed by atoms with Crippen molar-refractivity contribution < 1.29 is 33.0 Å². The lowest BCUT2D eigenvalue weighted by Crippen LogP contribution is -2.54. The van der Waals surface area contributed by atoms with Gasteiger partial charge in [-0.3, -0.25) is 14.9 Å². The first-order valence-electron chi connectivity index (χ1n) is 9.05. The predicted molar refractivity (Wildman–Crippen MR) is 117 cm³/mol. The largest absolute Gasteiger partial charge is 0.481 e. The first-order valence-corrected chi connectivity index (χ1v) is 10.1. The van der Waals surface area contributed by atoms with Crippen molar-refractivity contribution in [2.45, 2.75) is 6.92 Å². The first-order chi connectivity index (χ1) is 14.8. The van der Waals surface area contributed by atoms with E-state index in [4.69, 9.17) is 9.47 Å². The number of halogens is 2. The number of carbonyl (C=O) groups is 4. The Balaban J connectivity index is 1.85. The summed E-state index contributed by atoms with van der Waals surface area (Å²) in [5.74, 6) is -2.45. The number of nitrogens with one attached hydrogen (secondary N) is 1. The lowest BCUT2D eigenvalue weighted by atomic mass is 10.1. The maximum atomic E-state index is 13.5. The fourth-order valence-electron chi connectivity index (χ4n) is 2.74. The minimum absolute atomic E-state index is 0.00167. The van der Waals surface area contributed by atoms with Gasteiger partial charge in [0.1, 0.15) is 17.1 Å². The standard InChI is InChI=1S/C21H16FIN2O6/c1-2-30-18(26)11-31-17-7-6-12(9-16(17)23)8-15-19(27)24-21(29)25(20(15)28)14-5-3-4-13(22)10-14/h3-10H,2,11H2,1H3,(H,24,27,29)/b15-8+. The van der Waals surface area contributed by atoms with E-state index in [0.29, 0.717) is 19.8 Å². The average molecular weight is 538 g/mol. The average Bonchev–Trinajstić information content (AvgIpc) is 2.70. The molecule has 1 aliphatic heterocycles. The van der Waals surface area contributed by atoms with Crippen LogP contribution in [0, 0.1) is 9.39 Å². The molecule has 160 valence electrons. The van der Waals surface area contributed by atoms with Crippen LogP contribution in [0.1, 0.15) is 12.5 Å². The minimum Gasteiger partial charge on any atom is -0.481 e. The molecule has 0 saturated carbocycles. The van der Waals surface area contributed by atoms with E-state index in [1.807, 2.05) is 22.6 Å². The molecule has 1 N–H and O–H groups in total. The number of hydrogen-bond donors (Lipinski definition) is 1. The van der Waals surface area contributed by atoms with E-state index in [1.54, 1.807) is 25.1 Å². The van der Waals surface area contributed by atoms with E-state index >= 15 is 0 Å². The maximum absolute atomic E-state index is 13.5. The van der Waals surface area contributed by atoms with Crippen LogP contribution in [0.5, 0.6) is 5.75 Å². The Hall–Kier alpha value is -3.28. The number of esters is 1. The van der Waals surface area contributed by atoms with Crippen molar-refractivity contribution >= 4 is 58.2 Å². The molecular formula is C21H16FIN2O6. The Bertz CT molecular complexity index is 1100. The number of hydrogen-bond acceptors (Lipinski definition) is 6. The molecule has 1 heterocycles. The van der Waals surface area contributed by atoms with E-state index in [1.165, 1.54) is 24.3 Å². The molecule has 31 heavy (non-hydrogen) atoms. The fraction of sp³-hybridized carbons (Fsp3) is 0.143. The summed E-state index contributed by atoms with van der Waals surface area (Å²) in [7, 11) is 0.